The van der Waals surface area contributed by atoms with Crippen LogP contribution < -0.4 is 5.32 Å². The van der Waals surface area contributed by atoms with E-state index in [0.29, 0.717) is 18.5 Å². The van der Waals surface area contributed by atoms with Gasteiger partial charge in [-0.05, 0) is 57.8 Å². The number of carbonyl (C=O) groups is 1. The van der Waals surface area contributed by atoms with E-state index < -0.39 is 0 Å². The molecule has 0 unspecified atom stereocenters. The number of hydrogen-bond acceptors (Lipinski definition) is 3. The van der Waals surface area contributed by atoms with Gasteiger partial charge in [0.2, 0.25) is 5.91 Å². The molecule has 0 spiro atoms. The third kappa shape index (κ3) is 3.69. The van der Waals surface area contributed by atoms with Crippen molar-refractivity contribution in [2.45, 2.75) is 38.6 Å². The molecule has 1 N–H and O–H groups in total. The van der Waals surface area contributed by atoms with Crippen molar-refractivity contribution in [3.63, 3.8) is 0 Å². The Bertz CT molecular complexity index is 268. The fourth-order valence-electron chi connectivity index (χ4n) is 2.92. The van der Waals surface area contributed by atoms with Gasteiger partial charge in [0.15, 0.2) is 0 Å². The Hall–Kier alpha value is -0.610. The first-order valence-corrected chi connectivity index (χ1v) is 7.35. The number of piperidine rings is 2. The molecule has 0 radical (unpaired) electrons. The van der Waals surface area contributed by atoms with E-state index in [0.717, 1.165) is 44.9 Å². The second-order valence-corrected chi connectivity index (χ2v) is 5.94. The van der Waals surface area contributed by atoms with E-state index in [1.54, 1.807) is 0 Å². The first kappa shape index (κ1) is 13.8. The quantitative estimate of drug-likeness (QED) is 0.813. The second kappa shape index (κ2) is 6.53. The second-order valence-electron chi connectivity index (χ2n) is 5.94. The summed E-state index contributed by atoms with van der Waals surface area (Å²) in [5, 5.41) is 3.35. The van der Waals surface area contributed by atoms with Crippen molar-refractivity contribution in [1.29, 1.82) is 0 Å². The number of likely N-dealkylation sites (N-methyl/N-ethyl adjacent to an activating group) is 1. The van der Waals surface area contributed by atoms with Gasteiger partial charge in [-0.15, -0.1) is 0 Å². The lowest BCUT2D eigenvalue weighted by Crippen LogP contribution is -2.48. The van der Waals surface area contributed by atoms with Crippen molar-refractivity contribution in [2.24, 2.45) is 5.92 Å². The topological polar surface area (TPSA) is 35.6 Å². The Labute approximate surface area is 111 Å². The van der Waals surface area contributed by atoms with Crippen molar-refractivity contribution < 1.29 is 4.79 Å². The van der Waals surface area contributed by atoms with E-state index in [-0.39, 0.29) is 0 Å². The van der Waals surface area contributed by atoms with E-state index in [1.807, 2.05) is 11.9 Å². The first-order chi connectivity index (χ1) is 8.66. The van der Waals surface area contributed by atoms with Gasteiger partial charge in [0.05, 0.1) is 6.54 Å². The van der Waals surface area contributed by atoms with Crippen LogP contribution in [0.5, 0.6) is 0 Å². The van der Waals surface area contributed by atoms with Crippen molar-refractivity contribution in [3.8, 4) is 0 Å². The van der Waals surface area contributed by atoms with Crippen molar-refractivity contribution in [2.75, 3.05) is 39.8 Å². The summed E-state index contributed by atoms with van der Waals surface area (Å²) < 4.78 is 0. The summed E-state index contributed by atoms with van der Waals surface area (Å²) in [5.74, 6) is 1.13. The van der Waals surface area contributed by atoms with E-state index in [2.05, 4.69) is 17.1 Å². The van der Waals surface area contributed by atoms with E-state index in [1.165, 1.54) is 12.8 Å². The lowest BCUT2D eigenvalue weighted by molar-refractivity contribution is -0.134. The van der Waals surface area contributed by atoms with Crippen molar-refractivity contribution in [3.05, 3.63) is 0 Å². The number of nitrogens with zero attached hydrogens (tertiary/aromatic N) is 2. The van der Waals surface area contributed by atoms with Gasteiger partial charge in [-0.25, -0.2) is 0 Å². The molecule has 2 saturated heterocycles. The Morgan fingerprint density at radius 3 is 2.44 bits per heavy atom. The summed E-state index contributed by atoms with van der Waals surface area (Å²) in [7, 11) is 1.98. The van der Waals surface area contributed by atoms with Crippen LogP contribution in [0.15, 0.2) is 0 Å². The zero-order valence-electron chi connectivity index (χ0n) is 11.8. The predicted octanol–water partition coefficient (Wildman–Crippen LogP) is 0.929. The molecule has 2 aliphatic rings. The Morgan fingerprint density at radius 1 is 1.22 bits per heavy atom. The first-order valence-electron chi connectivity index (χ1n) is 7.35. The summed E-state index contributed by atoms with van der Waals surface area (Å²) in [4.78, 5) is 16.6. The third-order valence-electron chi connectivity index (χ3n) is 4.48. The highest BCUT2D eigenvalue weighted by atomic mass is 16.2. The van der Waals surface area contributed by atoms with Gasteiger partial charge in [-0.3, -0.25) is 9.69 Å². The molecule has 0 aliphatic carbocycles. The summed E-state index contributed by atoms with van der Waals surface area (Å²) >= 11 is 0. The average molecular weight is 253 g/mol. The lowest BCUT2D eigenvalue weighted by Gasteiger charge is -2.35. The molecule has 2 heterocycles. The number of hydrogen-bond donors (Lipinski definition) is 1. The van der Waals surface area contributed by atoms with E-state index >= 15 is 0 Å². The zero-order chi connectivity index (χ0) is 13.0. The molecule has 1 amide bonds. The minimum atomic E-state index is 0.302. The molecule has 2 rings (SSSR count). The highest BCUT2D eigenvalue weighted by Crippen LogP contribution is 2.16. The maximum atomic E-state index is 12.3. The van der Waals surface area contributed by atoms with Crippen LogP contribution in [0.2, 0.25) is 0 Å². The molecule has 104 valence electrons. The van der Waals surface area contributed by atoms with Crippen LogP contribution in [0.25, 0.3) is 0 Å². The molecule has 0 aromatic carbocycles. The molecule has 2 fully saturated rings. The van der Waals surface area contributed by atoms with Crippen LogP contribution in [-0.2, 0) is 4.79 Å². The van der Waals surface area contributed by atoms with Gasteiger partial charge >= 0.3 is 0 Å². The number of carbonyl (C=O) groups excluding carboxylic acids is 1. The van der Waals surface area contributed by atoms with Crippen LogP contribution in [0.3, 0.4) is 0 Å². The SMILES string of the molecule is CC1CCN(CC(=O)N(C)C2CCNCC2)CC1. The minimum Gasteiger partial charge on any atom is -0.342 e. The summed E-state index contributed by atoms with van der Waals surface area (Å²) in [6.07, 6.45) is 4.67. The molecule has 0 atom stereocenters. The molecule has 0 bridgehead atoms. The highest BCUT2D eigenvalue weighted by Gasteiger charge is 2.24. The van der Waals surface area contributed by atoms with E-state index in [4.69, 9.17) is 0 Å². The van der Waals surface area contributed by atoms with Gasteiger partial charge in [0.25, 0.3) is 0 Å². The molecule has 4 heteroatoms. The smallest absolute Gasteiger partial charge is 0.236 e. The third-order valence-corrected chi connectivity index (χ3v) is 4.48. The summed E-state index contributed by atoms with van der Waals surface area (Å²) in [5.41, 5.74) is 0. The molecule has 4 nitrogen and oxygen atoms in total. The van der Waals surface area contributed by atoms with Crippen LogP contribution in [0.1, 0.15) is 32.6 Å². The average Bonchev–Trinajstić information content (AvgIpc) is 2.41. The van der Waals surface area contributed by atoms with Crippen LogP contribution in [0.4, 0.5) is 0 Å². The largest absolute Gasteiger partial charge is 0.342 e. The predicted molar refractivity (Wildman–Crippen MR) is 73.5 cm³/mol. The van der Waals surface area contributed by atoms with Crippen molar-refractivity contribution in [1.82, 2.24) is 15.1 Å². The molecule has 0 aromatic heterocycles. The molecule has 0 aromatic rings. The Morgan fingerprint density at radius 2 is 1.83 bits per heavy atom. The van der Waals surface area contributed by atoms with Gasteiger partial charge in [-0.1, -0.05) is 6.92 Å². The fourth-order valence-corrected chi connectivity index (χ4v) is 2.92. The molecular weight excluding hydrogens is 226 g/mol. The fraction of sp³-hybridized carbons (Fsp3) is 0.929. The Balaban J connectivity index is 1.76. The Kier molecular flexibility index (Phi) is 5.01. The molecule has 2 aliphatic heterocycles. The van der Waals surface area contributed by atoms with Gasteiger partial charge in [0, 0.05) is 13.1 Å². The van der Waals surface area contributed by atoms with Crippen molar-refractivity contribution >= 4 is 5.91 Å². The maximum absolute atomic E-state index is 12.3. The van der Waals surface area contributed by atoms with Gasteiger partial charge < -0.3 is 10.2 Å². The zero-order valence-corrected chi connectivity index (χ0v) is 11.8. The minimum absolute atomic E-state index is 0.302. The number of nitrogens with one attached hydrogen (secondary N) is 1. The van der Waals surface area contributed by atoms with Crippen LogP contribution in [0, 0.1) is 5.92 Å². The normalized spacial score (nSPS) is 24.1. The maximum Gasteiger partial charge on any atom is 0.236 e. The summed E-state index contributed by atoms with van der Waals surface area (Å²) in [6, 6.07) is 0.447. The lowest BCUT2D eigenvalue weighted by atomic mass is 9.99. The number of likely N-dealkylation sites (tertiary alicyclic amines) is 1. The van der Waals surface area contributed by atoms with E-state index in [9.17, 15) is 4.79 Å². The van der Waals surface area contributed by atoms with Gasteiger partial charge in [-0.2, -0.15) is 0 Å². The monoisotopic (exact) mass is 253 g/mol. The number of rotatable bonds is 3. The van der Waals surface area contributed by atoms with Crippen LogP contribution in [-0.4, -0.2) is 61.5 Å². The standard InChI is InChI=1S/C14H27N3O/c1-12-5-9-17(10-6-12)11-14(18)16(2)13-3-7-15-8-4-13/h12-13,15H,3-11H2,1-2H3. The molecular formula is C14H27N3O. The molecule has 0 saturated carbocycles. The summed E-state index contributed by atoms with van der Waals surface area (Å²) in [6.45, 7) is 7.19. The molecule has 18 heavy (non-hydrogen) atoms. The van der Waals surface area contributed by atoms with Gasteiger partial charge in [0.1, 0.15) is 0 Å². The number of amides is 1. The highest BCUT2D eigenvalue weighted by molar-refractivity contribution is 5.78. The van der Waals surface area contributed by atoms with Crippen LogP contribution >= 0.6 is 0 Å².